The number of carbonyl (C=O) groups excluding carboxylic acids is 2. The van der Waals surface area contributed by atoms with Gasteiger partial charge in [-0.15, -0.1) is 4.91 Å². The summed E-state index contributed by atoms with van der Waals surface area (Å²) in [6.45, 7) is 3.34. The molecule has 0 heterocycles. The lowest BCUT2D eigenvalue weighted by molar-refractivity contribution is -0.131. The van der Waals surface area contributed by atoms with Crippen LogP contribution in [-0.4, -0.2) is 19.0 Å². The highest BCUT2D eigenvalue weighted by atomic mass is 16.7. The predicted molar refractivity (Wildman–Crippen MR) is 91.3 cm³/mol. The first-order valence-electron chi connectivity index (χ1n) is 7.46. The van der Waals surface area contributed by atoms with E-state index in [0.29, 0.717) is 5.75 Å². The van der Waals surface area contributed by atoms with Gasteiger partial charge in [0, 0.05) is 6.92 Å². The minimum Gasteiger partial charge on any atom is -0.426 e. The van der Waals surface area contributed by atoms with Crippen LogP contribution in [0.25, 0.3) is 0 Å². The molecule has 0 spiro atoms. The Morgan fingerprint density at radius 1 is 1.00 bits per heavy atom. The third-order valence-corrected chi connectivity index (χ3v) is 2.98. The molecule has 0 amide bonds. The Labute approximate surface area is 145 Å². The van der Waals surface area contributed by atoms with Crippen LogP contribution < -0.4 is 9.47 Å². The quantitative estimate of drug-likeness (QED) is 0.355. The van der Waals surface area contributed by atoms with Gasteiger partial charge in [-0.1, -0.05) is 31.2 Å². The zero-order valence-corrected chi connectivity index (χ0v) is 14.2. The van der Waals surface area contributed by atoms with Crippen molar-refractivity contribution in [3.05, 3.63) is 64.6 Å². The van der Waals surface area contributed by atoms with Crippen molar-refractivity contribution in [3.63, 3.8) is 0 Å². The summed E-state index contributed by atoms with van der Waals surface area (Å²) in [7, 11) is 1.20. The molecule has 2 aromatic carbocycles. The Morgan fingerprint density at radius 3 is 2.12 bits per heavy atom. The maximum Gasteiger partial charge on any atom is 0.347 e. The van der Waals surface area contributed by atoms with Gasteiger partial charge in [-0.05, 0) is 36.2 Å². The van der Waals surface area contributed by atoms with Crippen LogP contribution >= 0.6 is 0 Å². The molecular weight excluding hydrogens is 326 g/mol. The molecule has 7 heteroatoms. The zero-order chi connectivity index (χ0) is 18.7. The van der Waals surface area contributed by atoms with Gasteiger partial charge in [-0.25, -0.2) is 4.79 Å². The van der Waals surface area contributed by atoms with Gasteiger partial charge in [0.15, 0.2) is 5.34 Å². The van der Waals surface area contributed by atoms with Crippen molar-refractivity contribution < 1.29 is 23.9 Å². The average molecular weight is 345 g/mol. The molecule has 0 aliphatic rings. The first-order chi connectivity index (χ1) is 12.0. The fraction of sp³-hybridized carbons (Fsp3) is 0.222. The number of carbonyl (C=O) groups is 2. The number of aryl methyl sites for hydroxylation is 1. The number of esters is 2. The van der Waals surface area contributed by atoms with Gasteiger partial charge < -0.3 is 14.3 Å². The molecular formula is C18H19NO6. The summed E-state index contributed by atoms with van der Waals surface area (Å²) in [5.74, 6) is -0.395. The van der Waals surface area contributed by atoms with E-state index in [1.54, 1.807) is 36.4 Å². The molecule has 0 radical (unpaired) electrons. The van der Waals surface area contributed by atoms with Gasteiger partial charge in [0.2, 0.25) is 0 Å². The molecule has 0 fully saturated rings. The number of hydrogen-bond acceptors (Lipinski definition) is 7. The number of rotatable bonds is 5. The Kier molecular flexibility index (Phi) is 8.35. The van der Waals surface area contributed by atoms with Crippen LogP contribution in [-0.2, 0) is 16.1 Å². The highest BCUT2D eigenvalue weighted by Gasteiger charge is 2.15. The number of benzene rings is 2. The Bertz CT molecular complexity index is 712. The Balaban J connectivity index is 0.000000705. The van der Waals surface area contributed by atoms with E-state index in [4.69, 9.17) is 14.4 Å². The zero-order valence-electron chi connectivity index (χ0n) is 14.2. The van der Waals surface area contributed by atoms with E-state index >= 15 is 0 Å². The molecule has 0 atom stereocenters. The van der Waals surface area contributed by atoms with Crippen molar-refractivity contribution >= 4 is 11.9 Å². The number of hydrogen-bond donors (Lipinski definition) is 0. The molecule has 0 saturated heterocycles. The molecule has 0 aliphatic heterocycles. The third kappa shape index (κ3) is 6.82. The molecule has 25 heavy (non-hydrogen) atoms. The van der Waals surface area contributed by atoms with Crippen LogP contribution in [0.15, 0.2) is 53.9 Å². The second-order valence-corrected chi connectivity index (χ2v) is 4.73. The fourth-order valence-corrected chi connectivity index (χ4v) is 1.83. The summed E-state index contributed by atoms with van der Waals surface area (Å²) in [6, 6.07) is 13.8. The van der Waals surface area contributed by atoms with Crippen molar-refractivity contribution in [2.75, 3.05) is 7.11 Å². The topological polar surface area (TPSA) is 91.3 Å². The van der Waals surface area contributed by atoms with E-state index in [1.807, 2.05) is 17.5 Å². The number of para-hydroxylation sites is 1. The molecule has 0 unspecified atom stereocenters. The minimum absolute atomic E-state index is 0.195. The van der Waals surface area contributed by atoms with Crippen molar-refractivity contribution in [2.24, 2.45) is 5.34 Å². The van der Waals surface area contributed by atoms with E-state index in [-0.39, 0.29) is 11.3 Å². The molecule has 0 N–H and O–H groups in total. The summed E-state index contributed by atoms with van der Waals surface area (Å²) in [6.07, 6.45) is 0.920. The van der Waals surface area contributed by atoms with Crippen molar-refractivity contribution in [1.82, 2.24) is 0 Å². The largest absolute Gasteiger partial charge is 0.426 e. The Hall–Kier alpha value is -3.22. The predicted octanol–water partition coefficient (Wildman–Crippen LogP) is 3.71. The van der Waals surface area contributed by atoms with Crippen LogP contribution in [0.1, 0.15) is 29.8 Å². The van der Waals surface area contributed by atoms with Crippen molar-refractivity contribution in [3.8, 4) is 11.5 Å². The maximum atomic E-state index is 12.2. The van der Waals surface area contributed by atoms with E-state index in [2.05, 4.69) is 11.8 Å². The normalized spacial score (nSPS) is 9.24. The summed E-state index contributed by atoms with van der Waals surface area (Å²) < 4.78 is 10.3. The van der Waals surface area contributed by atoms with Crippen LogP contribution in [0.2, 0.25) is 0 Å². The highest BCUT2D eigenvalue weighted by Crippen LogP contribution is 2.21. The van der Waals surface area contributed by atoms with E-state index in [0.717, 1.165) is 12.0 Å². The van der Waals surface area contributed by atoms with Gasteiger partial charge in [0.05, 0.1) is 0 Å². The molecule has 2 rings (SSSR count). The van der Waals surface area contributed by atoms with Gasteiger partial charge in [0.25, 0.3) is 0 Å². The number of ether oxygens (including phenoxy) is 2. The van der Waals surface area contributed by atoms with Crippen LogP contribution in [0, 0.1) is 4.91 Å². The first-order valence-corrected chi connectivity index (χ1v) is 7.46. The molecule has 7 nitrogen and oxygen atoms in total. The summed E-state index contributed by atoms with van der Waals surface area (Å²) in [5.41, 5.74) is 1.38. The Morgan fingerprint density at radius 2 is 1.60 bits per heavy atom. The van der Waals surface area contributed by atoms with E-state index in [9.17, 15) is 9.59 Å². The van der Waals surface area contributed by atoms with Crippen LogP contribution in [0.3, 0.4) is 0 Å². The monoisotopic (exact) mass is 345 g/mol. The molecule has 0 bridgehead atoms. The van der Waals surface area contributed by atoms with Gasteiger partial charge in [-0.3, -0.25) is 4.79 Å². The number of nitrogens with zero attached hydrogens (tertiary/aromatic N) is 1. The summed E-state index contributed by atoms with van der Waals surface area (Å²) in [4.78, 5) is 35.5. The fourth-order valence-electron chi connectivity index (χ4n) is 1.83. The van der Waals surface area contributed by atoms with Gasteiger partial charge >= 0.3 is 11.9 Å². The van der Waals surface area contributed by atoms with Crippen molar-refractivity contribution in [1.29, 1.82) is 0 Å². The van der Waals surface area contributed by atoms with Gasteiger partial charge in [0.1, 0.15) is 24.2 Å². The molecule has 0 aliphatic carbocycles. The van der Waals surface area contributed by atoms with Crippen LogP contribution in [0.4, 0.5) is 0 Å². The highest BCUT2D eigenvalue weighted by molar-refractivity contribution is 5.94. The third-order valence-electron chi connectivity index (χ3n) is 2.98. The second-order valence-electron chi connectivity index (χ2n) is 4.73. The smallest absolute Gasteiger partial charge is 0.347 e. The maximum absolute atomic E-state index is 12.2. The average Bonchev–Trinajstić information content (AvgIpc) is 2.62. The van der Waals surface area contributed by atoms with Crippen LogP contribution in [0.5, 0.6) is 11.5 Å². The standard InChI is InChI=1S/C17H16O4.CH3NO2/c1-3-13-8-10-14(11-9-13)21-17(19)15-6-4-5-7-16(15)20-12(2)18;1-4-2-3/h4-11H,3H2,1-2H3;1H3. The van der Waals surface area contributed by atoms with Crippen molar-refractivity contribution in [2.45, 2.75) is 20.3 Å². The minimum atomic E-state index is -0.559. The molecule has 132 valence electrons. The van der Waals surface area contributed by atoms with Gasteiger partial charge in [-0.2, -0.15) is 0 Å². The lowest BCUT2D eigenvalue weighted by Gasteiger charge is -2.09. The SMILES string of the molecule is CCc1ccc(OC(=O)c2ccccc2OC(C)=O)cc1.CON=O. The first kappa shape index (κ1) is 19.8. The lowest BCUT2D eigenvalue weighted by Crippen LogP contribution is -2.12. The molecule has 2 aromatic rings. The van der Waals surface area contributed by atoms with E-state index in [1.165, 1.54) is 14.0 Å². The summed E-state index contributed by atoms with van der Waals surface area (Å²) in [5, 5.41) is 1.99. The molecule has 0 aromatic heterocycles. The van der Waals surface area contributed by atoms with E-state index < -0.39 is 11.9 Å². The lowest BCUT2D eigenvalue weighted by atomic mass is 10.1. The molecule has 0 saturated carbocycles. The second kappa shape index (κ2) is 10.5. The summed E-state index contributed by atoms with van der Waals surface area (Å²) >= 11 is 0.